The van der Waals surface area contributed by atoms with Crippen molar-refractivity contribution < 1.29 is 0 Å². The summed E-state index contributed by atoms with van der Waals surface area (Å²) < 4.78 is 0. The molecule has 1 aromatic rings. The molecule has 0 aromatic carbocycles. The van der Waals surface area contributed by atoms with E-state index < -0.39 is 0 Å². The summed E-state index contributed by atoms with van der Waals surface area (Å²) >= 11 is 1.85. The Morgan fingerprint density at radius 3 is 1.54 bits per heavy atom. The Balaban J connectivity index is 1.81. The summed E-state index contributed by atoms with van der Waals surface area (Å²) in [4.78, 5) is 1.40. The minimum absolute atomic E-state index is 0.247. The smallest absolute Gasteiger partial charge is 0.0446 e. The van der Waals surface area contributed by atoms with Crippen LogP contribution < -0.4 is 0 Å². The third-order valence-electron chi connectivity index (χ3n) is 5.74. The molecule has 0 bridgehead atoms. The maximum Gasteiger partial charge on any atom is 0.0446 e. The molecule has 1 heterocycles. The highest BCUT2D eigenvalue weighted by Gasteiger charge is 2.28. The van der Waals surface area contributed by atoms with Crippen molar-refractivity contribution in [1.29, 1.82) is 0 Å². The summed E-state index contributed by atoms with van der Waals surface area (Å²) in [6, 6.07) is 31.1. The Kier molecular flexibility index (Phi) is 4.26. The summed E-state index contributed by atoms with van der Waals surface area (Å²) in [5.74, 6) is 0.247. The van der Waals surface area contributed by atoms with Gasteiger partial charge in [-0.1, -0.05) is 78.9 Å². The Labute approximate surface area is 170 Å². The number of aryl methyl sites for hydroxylation is 2. The molecule has 0 atom stereocenters. The highest BCUT2D eigenvalue weighted by molar-refractivity contribution is 7.10. The van der Waals surface area contributed by atoms with Crippen molar-refractivity contribution >= 4 is 11.3 Å². The SMILES string of the molecule is Cc1cc(C(c2cccs2)c2cc(C)c3cccccc2-3)c2cccccc1-2. The molecule has 0 nitrogen and oxygen atoms in total. The summed E-state index contributed by atoms with van der Waals surface area (Å²) in [5, 5.41) is 2.19. The van der Waals surface area contributed by atoms with E-state index in [1.165, 1.54) is 49.4 Å². The van der Waals surface area contributed by atoms with Crippen LogP contribution in [-0.4, -0.2) is 0 Å². The number of hydrogen-bond donors (Lipinski definition) is 0. The van der Waals surface area contributed by atoms with Crippen molar-refractivity contribution in [3.63, 3.8) is 0 Å². The zero-order chi connectivity index (χ0) is 19.1. The zero-order valence-electron chi connectivity index (χ0n) is 16.1. The highest BCUT2D eigenvalue weighted by atomic mass is 32.1. The first kappa shape index (κ1) is 17.2. The van der Waals surface area contributed by atoms with Crippen LogP contribution in [0.2, 0.25) is 0 Å². The molecule has 0 amide bonds. The Bertz CT molecular complexity index is 1100. The van der Waals surface area contributed by atoms with Crippen LogP contribution in [0.5, 0.6) is 0 Å². The molecule has 0 N–H and O–H groups in total. The molecule has 5 rings (SSSR count). The Morgan fingerprint density at radius 1 is 0.571 bits per heavy atom. The van der Waals surface area contributed by atoms with E-state index in [1.807, 2.05) is 11.3 Å². The van der Waals surface area contributed by atoms with Gasteiger partial charge in [0, 0.05) is 10.8 Å². The van der Waals surface area contributed by atoms with Gasteiger partial charge in [-0.3, -0.25) is 0 Å². The van der Waals surface area contributed by atoms with Crippen LogP contribution in [0.25, 0.3) is 22.3 Å². The molecule has 136 valence electrons. The van der Waals surface area contributed by atoms with Crippen LogP contribution in [-0.2, 0) is 0 Å². The second-order valence-corrected chi connectivity index (χ2v) is 8.47. The largest absolute Gasteiger partial charge is 0.148 e. The van der Waals surface area contributed by atoms with E-state index in [2.05, 4.69) is 104 Å². The van der Waals surface area contributed by atoms with Gasteiger partial charge >= 0.3 is 0 Å². The van der Waals surface area contributed by atoms with Crippen molar-refractivity contribution in [3.05, 3.63) is 117 Å². The lowest BCUT2D eigenvalue weighted by Gasteiger charge is -2.18. The highest BCUT2D eigenvalue weighted by Crippen LogP contribution is 2.47. The van der Waals surface area contributed by atoms with E-state index in [-0.39, 0.29) is 5.92 Å². The topological polar surface area (TPSA) is 0 Å². The summed E-state index contributed by atoms with van der Waals surface area (Å²) in [6.07, 6.45) is 0. The van der Waals surface area contributed by atoms with E-state index >= 15 is 0 Å². The van der Waals surface area contributed by atoms with Gasteiger partial charge in [0.2, 0.25) is 0 Å². The van der Waals surface area contributed by atoms with Gasteiger partial charge in [0.15, 0.2) is 0 Å². The number of hydrogen-bond acceptors (Lipinski definition) is 1. The molecule has 4 aliphatic rings. The van der Waals surface area contributed by atoms with Crippen LogP contribution in [0, 0.1) is 13.8 Å². The fraction of sp³-hybridized carbons (Fsp3) is 0.111. The van der Waals surface area contributed by atoms with E-state index in [0.29, 0.717) is 0 Å². The number of rotatable bonds is 3. The third kappa shape index (κ3) is 2.75. The van der Waals surface area contributed by atoms with Gasteiger partial charge in [-0.05, 0) is 69.8 Å². The van der Waals surface area contributed by atoms with Crippen molar-refractivity contribution in [3.8, 4) is 22.3 Å². The monoisotopic (exact) mass is 378 g/mol. The molecular weight excluding hydrogens is 356 g/mol. The van der Waals surface area contributed by atoms with Gasteiger partial charge in [0.1, 0.15) is 0 Å². The molecule has 0 aliphatic heterocycles. The van der Waals surface area contributed by atoms with Crippen LogP contribution >= 0.6 is 11.3 Å². The summed E-state index contributed by atoms with van der Waals surface area (Å²) in [5.41, 5.74) is 10.9. The van der Waals surface area contributed by atoms with Gasteiger partial charge in [-0.2, -0.15) is 0 Å². The molecule has 28 heavy (non-hydrogen) atoms. The Hall–Kier alpha value is -2.90. The van der Waals surface area contributed by atoms with Gasteiger partial charge < -0.3 is 0 Å². The molecule has 1 aromatic heterocycles. The average Bonchev–Trinajstić information content (AvgIpc) is 3.25. The van der Waals surface area contributed by atoms with E-state index in [1.54, 1.807) is 0 Å². The average molecular weight is 379 g/mol. The predicted octanol–water partition coefficient (Wildman–Crippen LogP) is 7.75. The molecule has 0 unspecified atom stereocenters. The maximum atomic E-state index is 2.40. The van der Waals surface area contributed by atoms with Crippen molar-refractivity contribution in [2.45, 2.75) is 19.8 Å². The molecular formula is C27H22S. The van der Waals surface area contributed by atoms with Crippen LogP contribution in [0.3, 0.4) is 0 Å². The van der Waals surface area contributed by atoms with Gasteiger partial charge in [-0.25, -0.2) is 0 Å². The summed E-state index contributed by atoms with van der Waals surface area (Å²) in [7, 11) is 0. The minimum Gasteiger partial charge on any atom is -0.148 e. The van der Waals surface area contributed by atoms with Crippen LogP contribution in [0.1, 0.15) is 33.0 Å². The summed E-state index contributed by atoms with van der Waals surface area (Å²) in [6.45, 7) is 4.46. The lowest BCUT2D eigenvalue weighted by Crippen LogP contribution is -2.01. The molecule has 1 heteroatoms. The predicted molar refractivity (Wildman–Crippen MR) is 121 cm³/mol. The first-order valence-corrected chi connectivity index (χ1v) is 10.6. The number of thiophene rings is 1. The third-order valence-corrected chi connectivity index (χ3v) is 6.68. The molecule has 0 saturated heterocycles. The van der Waals surface area contributed by atoms with E-state index in [4.69, 9.17) is 0 Å². The second kappa shape index (κ2) is 6.92. The number of fused-ring (bicyclic) bond motifs is 2. The molecule has 0 saturated carbocycles. The van der Waals surface area contributed by atoms with Crippen LogP contribution in [0.4, 0.5) is 0 Å². The van der Waals surface area contributed by atoms with E-state index in [9.17, 15) is 0 Å². The fourth-order valence-corrected chi connectivity index (χ4v) is 5.33. The normalized spacial score (nSPS) is 11.5. The Morgan fingerprint density at radius 2 is 1.07 bits per heavy atom. The van der Waals surface area contributed by atoms with Crippen molar-refractivity contribution in [2.75, 3.05) is 0 Å². The minimum atomic E-state index is 0.247. The molecule has 4 aliphatic carbocycles. The molecule has 0 radical (unpaired) electrons. The zero-order valence-corrected chi connectivity index (χ0v) is 17.0. The second-order valence-electron chi connectivity index (χ2n) is 7.49. The van der Waals surface area contributed by atoms with Crippen molar-refractivity contribution in [2.24, 2.45) is 0 Å². The first-order valence-electron chi connectivity index (χ1n) is 9.74. The van der Waals surface area contributed by atoms with E-state index in [0.717, 1.165) is 0 Å². The maximum absolute atomic E-state index is 2.40. The quantitative estimate of drug-likeness (QED) is 0.301. The first-order chi connectivity index (χ1) is 13.7. The standard InChI is InChI=1S/C27H22S/c1-18-16-24(22-12-7-3-5-10-20(18)22)27(26-14-9-15-28-26)25-17-19(2)21-11-6-4-8-13-23(21)25/h3-17,27H,1-2H3. The van der Waals surface area contributed by atoms with Gasteiger partial charge in [-0.15, -0.1) is 11.3 Å². The fourth-order valence-electron chi connectivity index (χ4n) is 4.47. The van der Waals surface area contributed by atoms with Gasteiger partial charge in [0.25, 0.3) is 0 Å². The lowest BCUT2D eigenvalue weighted by atomic mass is 9.87. The van der Waals surface area contributed by atoms with Crippen LogP contribution in [0.15, 0.2) is 90.3 Å². The van der Waals surface area contributed by atoms with Crippen molar-refractivity contribution in [1.82, 2.24) is 0 Å². The van der Waals surface area contributed by atoms with Gasteiger partial charge in [0.05, 0.1) is 0 Å². The molecule has 0 spiro atoms. The lowest BCUT2D eigenvalue weighted by molar-refractivity contribution is 1.02. The molecule has 0 fully saturated rings.